The number of nitrogens with zero attached hydrogens (tertiary/aromatic N) is 2. The number of amides is 1. The van der Waals surface area contributed by atoms with Crippen molar-refractivity contribution < 1.29 is 9.18 Å². The Morgan fingerprint density at radius 2 is 1.97 bits per heavy atom. The van der Waals surface area contributed by atoms with Crippen molar-refractivity contribution in [2.45, 2.75) is 25.5 Å². The zero-order valence-electron chi connectivity index (χ0n) is 17.0. The van der Waals surface area contributed by atoms with Crippen LogP contribution in [-0.2, 0) is 11.3 Å². The molecule has 0 bridgehead atoms. The van der Waals surface area contributed by atoms with Crippen LogP contribution in [0.4, 0.5) is 10.1 Å². The first-order chi connectivity index (χ1) is 14.9. The minimum Gasteiger partial charge on any atom is -0.323 e. The molecule has 0 saturated carbocycles. The smallest absolute Gasteiger partial charge is 0.272 e. The van der Waals surface area contributed by atoms with Gasteiger partial charge in [-0.15, -0.1) is 11.3 Å². The van der Waals surface area contributed by atoms with Crippen molar-refractivity contribution in [3.05, 3.63) is 86.8 Å². The lowest BCUT2D eigenvalue weighted by Gasteiger charge is -2.13. The summed E-state index contributed by atoms with van der Waals surface area (Å²) in [5.41, 5.74) is 3.93. The zero-order chi connectivity index (χ0) is 22.0. The second-order valence-corrected chi connectivity index (χ2v) is 9.01. The van der Waals surface area contributed by atoms with Crippen molar-refractivity contribution >= 4 is 44.9 Å². The van der Waals surface area contributed by atoms with Gasteiger partial charge in [0.1, 0.15) is 10.5 Å². The second-order valence-electron chi connectivity index (χ2n) is 7.16. The van der Waals surface area contributed by atoms with E-state index < -0.39 is 5.82 Å². The molecule has 4 rings (SSSR count). The molecule has 4 aromatic rings. The molecular weight excluding hydrogens is 433 g/mol. The van der Waals surface area contributed by atoms with Gasteiger partial charge >= 0.3 is 0 Å². The molecule has 8 heteroatoms. The van der Waals surface area contributed by atoms with Crippen LogP contribution in [0, 0.1) is 19.7 Å². The van der Waals surface area contributed by atoms with Gasteiger partial charge in [0, 0.05) is 0 Å². The number of thioether (sulfide) groups is 1. The second kappa shape index (κ2) is 9.03. The molecule has 0 aliphatic carbocycles. The van der Waals surface area contributed by atoms with E-state index in [2.05, 4.69) is 16.4 Å². The summed E-state index contributed by atoms with van der Waals surface area (Å²) in [4.78, 5) is 30.1. The predicted molar refractivity (Wildman–Crippen MR) is 125 cm³/mol. The summed E-state index contributed by atoms with van der Waals surface area (Å²) in [6, 6.07) is 13.9. The van der Waals surface area contributed by atoms with Gasteiger partial charge in [0.2, 0.25) is 5.91 Å². The first-order valence-electron chi connectivity index (χ1n) is 9.64. The highest BCUT2D eigenvalue weighted by atomic mass is 32.2. The average Bonchev–Trinajstić information content (AvgIpc) is 3.22. The Kier molecular flexibility index (Phi) is 6.20. The molecule has 0 unspecified atom stereocenters. The largest absolute Gasteiger partial charge is 0.323 e. The fourth-order valence-corrected chi connectivity index (χ4v) is 4.71. The molecule has 0 aliphatic heterocycles. The van der Waals surface area contributed by atoms with Gasteiger partial charge in [0.25, 0.3) is 5.56 Å². The fourth-order valence-electron chi connectivity index (χ4n) is 3.14. The number of aromatic nitrogens is 2. The molecule has 2 heterocycles. The van der Waals surface area contributed by atoms with Crippen molar-refractivity contribution in [1.82, 2.24) is 9.55 Å². The van der Waals surface area contributed by atoms with Crippen LogP contribution in [0.3, 0.4) is 0 Å². The number of thiophene rings is 1. The highest BCUT2D eigenvalue weighted by Gasteiger charge is 2.15. The third-order valence-corrected chi connectivity index (χ3v) is 6.79. The molecule has 0 atom stereocenters. The number of fused-ring (bicyclic) bond motifs is 1. The molecular formula is C23H20FN3O2S2. The predicted octanol–water partition coefficient (Wildman–Crippen LogP) is 4.99. The third-order valence-electron chi connectivity index (χ3n) is 4.92. The maximum atomic E-state index is 13.8. The van der Waals surface area contributed by atoms with Crippen molar-refractivity contribution in [3.8, 4) is 0 Å². The Balaban J connectivity index is 1.61. The van der Waals surface area contributed by atoms with Crippen LogP contribution in [-0.4, -0.2) is 21.2 Å². The van der Waals surface area contributed by atoms with E-state index in [0.29, 0.717) is 21.9 Å². The highest BCUT2D eigenvalue weighted by molar-refractivity contribution is 7.99. The van der Waals surface area contributed by atoms with Crippen LogP contribution in [0.25, 0.3) is 10.2 Å². The summed E-state index contributed by atoms with van der Waals surface area (Å²) in [5, 5.41) is 4.85. The van der Waals surface area contributed by atoms with Gasteiger partial charge in [-0.2, -0.15) is 0 Å². The molecule has 1 N–H and O–H groups in total. The van der Waals surface area contributed by atoms with Crippen molar-refractivity contribution in [3.63, 3.8) is 0 Å². The maximum Gasteiger partial charge on any atom is 0.272 e. The quantitative estimate of drug-likeness (QED) is 0.330. The minimum absolute atomic E-state index is 0.00332. The highest BCUT2D eigenvalue weighted by Crippen LogP contribution is 2.23. The van der Waals surface area contributed by atoms with Gasteiger partial charge in [-0.25, -0.2) is 9.37 Å². The molecule has 1 amide bonds. The normalized spacial score (nSPS) is 11.1. The van der Waals surface area contributed by atoms with Gasteiger partial charge in [0.05, 0.1) is 23.5 Å². The number of anilines is 1. The van der Waals surface area contributed by atoms with Gasteiger partial charge in [-0.1, -0.05) is 42.1 Å². The van der Waals surface area contributed by atoms with E-state index in [1.54, 1.807) is 22.8 Å². The number of benzene rings is 2. The lowest BCUT2D eigenvalue weighted by atomic mass is 10.1. The Morgan fingerprint density at radius 1 is 1.16 bits per heavy atom. The maximum absolute atomic E-state index is 13.8. The number of halogens is 1. The van der Waals surface area contributed by atoms with E-state index in [0.717, 1.165) is 22.9 Å². The molecule has 5 nitrogen and oxygen atoms in total. The number of carbonyl (C=O) groups is 1. The molecule has 0 aliphatic rings. The first kappa shape index (κ1) is 21.3. The standard InChI is InChI=1S/C23H20FN3O2S2/c1-14-7-8-16(11-15(14)2)12-27-22(29)21-19(9-10-30-21)26-23(27)31-13-20(28)25-18-6-4-3-5-17(18)24/h3-11H,12-13H2,1-2H3,(H,25,28). The fraction of sp³-hybridized carbons (Fsp3) is 0.174. The third kappa shape index (κ3) is 4.70. The lowest BCUT2D eigenvalue weighted by Crippen LogP contribution is -2.24. The Hall–Kier alpha value is -2.97. The number of hydrogen-bond donors (Lipinski definition) is 1. The molecule has 158 valence electrons. The van der Waals surface area contributed by atoms with Crippen LogP contribution in [0.15, 0.2) is 63.9 Å². The average molecular weight is 454 g/mol. The zero-order valence-corrected chi connectivity index (χ0v) is 18.6. The monoisotopic (exact) mass is 453 g/mol. The molecule has 0 saturated heterocycles. The summed E-state index contributed by atoms with van der Waals surface area (Å²) < 4.78 is 16.0. The van der Waals surface area contributed by atoms with Crippen LogP contribution in [0.1, 0.15) is 16.7 Å². The number of rotatable bonds is 6. The van der Waals surface area contributed by atoms with Crippen LogP contribution in [0.5, 0.6) is 0 Å². The van der Waals surface area contributed by atoms with E-state index in [4.69, 9.17) is 0 Å². The van der Waals surface area contributed by atoms with E-state index in [-0.39, 0.29) is 22.9 Å². The van der Waals surface area contributed by atoms with E-state index in [9.17, 15) is 14.0 Å². The van der Waals surface area contributed by atoms with Crippen LogP contribution in [0.2, 0.25) is 0 Å². The van der Waals surface area contributed by atoms with Gasteiger partial charge in [-0.05, 0) is 54.1 Å². The summed E-state index contributed by atoms with van der Waals surface area (Å²) in [5.74, 6) is -0.860. The summed E-state index contributed by atoms with van der Waals surface area (Å²) in [6.45, 7) is 4.43. The molecule has 2 aromatic carbocycles. The summed E-state index contributed by atoms with van der Waals surface area (Å²) in [7, 11) is 0. The lowest BCUT2D eigenvalue weighted by molar-refractivity contribution is -0.113. The molecule has 0 spiro atoms. The number of carbonyl (C=O) groups excluding carboxylic acids is 1. The molecule has 0 fully saturated rings. The van der Waals surface area contributed by atoms with Gasteiger partial charge in [0.15, 0.2) is 5.16 Å². The van der Waals surface area contributed by atoms with E-state index in [1.807, 2.05) is 31.4 Å². The van der Waals surface area contributed by atoms with Crippen molar-refractivity contribution in [1.29, 1.82) is 0 Å². The Morgan fingerprint density at radius 3 is 2.74 bits per heavy atom. The van der Waals surface area contributed by atoms with Crippen molar-refractivity contribution in [2.24, 2.45) is 0 Å². The van der Waals surface area contributed by atoms with Gasteiger partial charge < -0.3 is 5.32 Å². The number of para-hydroxylation sites is 1. The molecule has 31 heavy (non-hydrogen) atoms. The van der Waals surface area contributed by atoms with Crippen LogP contribution >= 0.6 is 23.1 Å². The molecule has 0 radical (unpaired) electrons. The number of hydrogen-bond acceptors (Lipinski definition) is 5. The minimum atomic E-state index is -0.495. The number of aryl methyl sites for hydroxylation is 2. The Labute approximate surface area is 187 Å². The SMILES string of the molecule is Cc1ccc(Cn2c(SCC(=O)Nc3ccccc3F)nc3ccsc3c2=O)cc1C. The van der Waals surface area contributed by atoms with Crippen LogP contribution < -0.4 is 10.9 Å². The first-order valence-corrected chi connectivity index (χ1v) is 11.5. The van der Waals surface area contributed by atoms with Gasteiger partial charge in [-0.3, -0.25) is 14.2 Å². The summed E-state index contributed by atoms with van der Waals surface area (Å²) in [6.07, 6.45) is 0. The molecule has 2 aromatic heterocycles. The van der Waals surface area contributed by atoms with Crippen molar-refractivity contribution in [2.75, 3.05) is 11.1 Å². The Bertz CT molecular complexity index is 1330. The summed E-state index contributed by atoms with van der Waals surface area (Å²) >= 11 is 2.52. The van der Waals surface area contributed by atoms with E-state index >= 15 is 0 Å². The number of nitrogens with one attached hydrogen (secondary N) is 1. The topological polar surface area (TPSA) is 64.0 Å². The van der Waals surface area contributed by atoms with E-state index in [1.165, 1.54) is 29.0 Å².